The zero-order chi connectivity index (χ0) is 10.6. The van der Waals surface area contributed by atoms with E-state index in [1.165, 1.54) is 25.7 Å². The van der Waals surface area contributed by atoms with Crippen LogP contribution in [0.1, 0.15) is 46.5 Å². The van der Waals surface area contributed by atoms with Crippen LogP contribution in [0.25, 0.3) is 0 Å². The van der Waals surface area contributed by atoms with Gasteiger partial charge in [-0.1, -0.05) is 27.2 Å². The van der Waals surface area contributed by atoms with Crippen molar-refractivity contribution < 1.29 is 5.11 Å². The Hall–Kier alpha value is -0.0800. The van der Waals surface area contributed by atoms with Crippen LogP contribution in [0.5, 0.6) is 0 Å². The topological polar surface area (TPSA) is 32.3 Å². The average Bonchev–Trinajstić information content (AvgIpc) is 2.49. The largest absolute Gasteiger partial charge is 0.396 e. The van der Waals surface area contributed by atoms with Crippen molar-refractivity contribution in [2.24, 2.45) is 11.3 Å². The highest BCUT2D eigenvalue weighted by molar-refractivity contribution is 4.82. The maximum Gasteiger partial charge on any atom is 0.0474 e. The number of hydrogen-bond donors (Lipinski definition) is 2. The minimum absolute atomic E-state index is 0.354. The Morgan fingerprint density at radius 3 is 2.57 bits per heavy atom. The molecule has 0 bridgehead atoms. The molecule has 0 aromatic heterocycles. The van der Waals surface area contributed by atoms with Crippen LogP contribution < -0.4 is 5.32 Å². The molecule has 0 radical (unpaired) electrons. The Labute approximate surface area is 88.1 Å². The van der Waals surface area contributed by atoms with Crippen LogP contribution in [0, 0.1) is 11.3 Å². The second-order valence-electron chi connectivity index (χ2n) is 5.74. The van der Waals surface area contributed by atoms with Crippen LogP contribution in [-0.2, 0) is 0 Å². The lowest BCUT2D eigenvalue weighted by Crippen LogP contribution is -2.35. The predicted molar refractivity (Wildman–Crippen MR) is 60.3 cm³/mol. The predicted octanol–water partition coefficient (Wildman–Crippen LogP) is 2.17. The van der Waals surface area contributed by atoms with E-state index in [1.54, 1.807) is 0 Å². The Kier molecular flexibility index (Phi) is 4.39. The average molecular weight is 199 g/mol. The van der Waals surface area contributed by atoms with Gasteiger partial charge in [0.2, 0.25) is 0 Å². The van der Waals surface area contributed by atoms with E-state index in [1.807, 2.05) is 0 Å². The highest BCUT2D eigenvalue weighted by Gasteiger charge is 2.26. The highest BCUT2D eigenvalue weighted by Crippen LogP contribution is 2.25. The molecular weight excluding hydrogens is 174 g/mol. The lowest BCUT2D eigenvalue weighted by Gasteiger charge is -2.23. The summed E-state index contributed by atoms with van der Waals surface area (Å²) in [4.78, 5) is 0. The SMILES string of the molecule is CC(C)(C)CCNC1CCCC1CO. The van der Waals surface area contributed by atoms with Crippen LogP contribution in [0.4, 0.5) is 0 Å². The maximum atomic E-state index is 9.16. The third-order valence-corrected chi connectivity index (χ3v) is 3.18. The molecule has 0 aliphatic heterocycles. The summed E-state index contributed by atoms with van der Waals surface area (Å²) in [7, 11) is 0. The van der Waals surface area contributed by atoms with Crippen molar-refractivity contribution in [1.29, 1.82) is 0 Å². The summed E-state index contributed by atoms with van der Waals surface area (Å²) in [6.45, 7) is 8.25. The van der Waals surface area contributed by atoms with Crippen LogP contribution in [0.3, 0.4) is 0 Å². The van der Waals surface area contributed by atoms with Gasteiger partial charge >= 0.3 is 0 Å². The van der Waals surface area contributed by atoms with Crippen molar-refractivity contribution in [3.8, 4) is 0 Å². The van der Waals surface area contributed by atoms with E-state index in [9.17, 15) is 0 Å². The fourth-order valence-corrected chi connectivity index (χ4v) is 2.16. The molecule has 1 aliphatic carbocycles. The van der Waals surface area contributed by atoms with Gasteiger partial charge in [0.25, 0.3) is 0 Å². The molecule has 0 heterocycles. The van der Waals surface area contributed by atoms with Crippen molar-refractivity contribution in [3.63, 3.8) is 0 Å². The molecule has 1 fully saturated rings. The van der Waals surface area contributed by atoms with Gasteiger partial charge in [0.1, 0.15) is 0 Å². The molecule has 1 rings (SSSR count). The first kappa shape index (κ1) is 12.0. The molecule has 2 atom stereocenters. The molecule has 0 aromatic rings. The Morgan fingerprint density at radius 2 is 2.00 bits per heavy atom. The minimum Gasteiger partial charge on any atom is -0.396 e. The lowest BCUT2D eigenvalue weighted by molar-refractivity contribution is 0.203. The van der Waals surface area contributed by atoms with E-state index < -0.39 is 0 Å². The molecule has 2 nitrogen and oxygen atoms in total. The maximum absolute atomic E-state index is 9.16. The molecule has 2 N–H and O–H groups in total. The number of aliphatic hydroxyl groups is 1. The third kappa shape index (κ3) is 3.97. The number of nitrogens with one attached hydrogen (secondary N) is 1. The summed E-state index contributed by atoms with van der Waals surface area (Å²) in [5.41, 5.74) is 0.417. The fraction of sp³-hybridized carbons (Fsp3) is 1.00. The van der Waals surface area contributed by atoms with E-state index in [4.69, 9.17) is 5.11 Å². The monoisotopic (exact) mass is 199 g/mol. The first-order chi connectivity index (χ1) is 6.53. The van der Waals surface area contributed by atoms with Crippen LogP contribution in [0.2, 0.25) is 0 Å². The summed E-state index contributed by atoms with van der Waals surface area (Å²) in [5.74, 6) is 0.509. The first-order valence-electron chi connectivity index (χ1n) is 5.87. The fourth-order valence-electron chi connectivity index (χ4n) is 2.16. The van der Waals surface area contributed by atoms with E-state index in [0.717, 1.165) is 6.54 Å². The van der Waals surface area contributed by atoms with Crippen molar-refractivity contribution in [2.45, 2.75) is 52.5 Å². The molecule has 0 spiro atoms. The summed E-state index contributed by atoms with van der Waals surface area (Å²) >= 11 is 0. The Bertz CT molecular complexity index is 162. The van der Waals surface area contributed by atoms with Crippen LogP contribution in [-0.4, -0.2) is 24.3 Å². The summed E-state index contributed by atoms with van der Waals surface area (Å²) < 4.78 is 0. The van der Waals surface area contributed by atoms with Gasteiger partial charge in [0.15, 0.2) is 0 Å². The highest BCUT2D eigenvalue weighted by atomic mass is 16.3. The molecule has 2 heteroatoms. The summed E-state index contributed by atoms with van der Waals surface area (Å²) in [6, 6.07) is 0.572. The van der Waals surface area contributed by atoms with Gasteiger partial charge in [-0.05, 0) is 37.1 Å². The van der Waals surface area contributed by atoms with Gasteiger partial charge < -0.3 is 10.4 Å². The lowest BCUT2D eigenvalue weighted by atomic mass is 9.92. The normalized spacial score (nSPS) is 28.3. The van der Waals surface area contributed by atoms with Gasteiger partial charge in [-0.2, -0.15) is 0 Å². The number of hydrogen-bond acceptors (Lipinski definition) is 2. The number of aliphatic hydroxyl groups excluding tert-OH is 1. The van der Waals surface area contributed by atoms with E-state index in [2.05, 4.69) is 26.1 Å². The molecule has 0 saturated heterocycles. The Morgan fingerprint density at radius 1 is 1.29 bits per heavy atom. The zero-order valence-corrected chi connectivity index (χ0v) is 9.84. The standard InChI is InChI=1S/C12H25NO/c1-12(2,3)7-8-13-11-6-4-5-10(11)9-14/h10-11,13-14H,4-9H2,1-3H3. The second-order valence-corrected chi connectivity index (χ2v) is 5.74. The smallest absolute Gasteiger partial charge is 0.0474 e. The van der Waals surface area contributed by atoms with Crippen molar-refractivity contribution in [1.82, 2.24) is 5.32 Å². The van der Waals surface area contributed by atoms with Gasteiger partial charge in [0.05, 0.1) is 0 Å². The van der Waals surface area contributed by atoms with Crippen molar-refractivity contribution in [2.75, 3.05) is 13.2 Å². The van der Waals surface area contributed by atoms with E-state index >= 15 is 0 Å². The van der Waals surface area contributed by atoms with Gasteiger partial charge in [0, 0.05) is 12.6 Å². The molecule has 1 aliphatic rings. The second kappa shape index (κ2) is 5.13. The van der Waals surface area contributed by atoms with Crippen molar-refractivity contribution in [3.05, 3.63) is 0 Å². The quantitative estimate of drug-likeness (QED) is 0.727. The van der Waals surface area contributed by atoms with Crippen molar-refractivity contribution >= 4 is 0 Å². The molecule has 1 saturated carbocycles. The molecule has 14 heavy (non-hydrogen) atoms. The molecule has 2 unspecified atom stereocenters. The first-order valence-corrected chi connectivity index (χ1v) is 5.87. The number of rotatable bonds is 4. The Balaban J connectivity index is 2.18. The molecular formula is C12H25NO. The molecule has 0 amide bonds. The van der Waals surface area contributed by atoms with E-state index in [-0.39, 0.29) is 0 Å². The van der Waals surface area contributed by atoms with Gasteiger partial charge in [-0.15, -0.1) is 0 Å². The van der Waals surface area contributed by atoms with Crippen LogP contribution in [0.15, 0.2) is 0 Å². The van der Waals surface area contributed by atoms with E-state index in [0.29, 0.717) is 24.0 Å². The third-order valence-electron chi connectivity index (χ3n) is 3.18. The molecule has 0 aromatic carbocycles. The minimum atomic E-state index is 0.354. The van der Waals surface area contributed by atoms with Gasteiger partial charge in [-0.25, -0.2) is 0 Å². The zero-order valence-electron chi connectivity index (χ0n) is 9.84. The van der Waals surface area contributed by atoms with Gasteiger partial charge in [-0.3, -0.25) is 0 Å². The summed E-state index contributed by atoms with van der Waals surface area (Å²) in [5, 5.41) is 12.7. The molecule has 84 valence electrons. The summed E-state index contributed by atoms with van der Waals surface area (Å²) in [6.07, 6.45) is 4.93. The van der Waals surface area contributed by atoms with Crippen LogP contribution >= 0.6 is 0 Å².